The van der Waals surface area contributed by atoms with Gasteiger partial charge in [-0.05, 0) is 23.6 Å². The first-order valence-corrected chi connectivity index (χ1v) is 7.63. The molecule has 118 valence electrons. The average molecular weight is 325 g/mol. The Bertz CT molecular complexity index is 673. The van der Waals surface area contributed by atoms with Crippen molar-refractivity contribution < 1.29 is 13.6 Å². The number of rotatable bonds is 5. The van der Waals surface area contributed by atoms with Crippen LogP contribution in [-0.2, 0) is 11.2 Å². The summed E-state index contributed by atoms with van der Waals surface area (Å²) in [6.07, 6.45) is 2.02. The number of aromatic nitrogens is 1. The number of nitrogens with two attached hydrogens (primary N) is 1. The number of benzene rings is 1. The third-order valence-corrected chi connectivity index (χ3v) is 4.08. The van der Waals surface area contributed by atoms with E-state index in [1.165, 1.54) is 17.4 Å². The molecule has 1 atom stereocenters. The number of halogens is 2. The monoisotopic (exact) mass is 325 g/mol. The summed E-state index contributed by atoms with van der Waals surface area (Å²) < 4.78 is 26.0. The molecule has 1 aromatic heterocycles. The van der Waals surface area contributed by atoms with Crippen molar-refractivity contribution in [2.75, 3.05) is 5.32 Å². The maximum atomic E-state index is 13.2. The van der Waals surface area contributed by atoms with Gasteiger partial charge in [-0.1, -0.05) is 19.9 Å². The van der Waals surface area contributed by atoms with Gasteiger partial charge in [0, 0.05) is 17.5 Å². The molecule has 0 saturated carbocycles. The smallest absolute Gasteiger partial charge is 0.243 e. The predicted molar refractivity (Wildman–Crippen MR) is 82.7 cm³/mol. The zero-order valence-electron chi connectivity index (χ0n) is 12.3. The highest BCUT2D eigenvalue weighted by Crippen LogP contribution is 2.22. The van der Waals surface area contributed by atoms with Gasteiger partial charge in [0.05, 0.1) is 6.04 Å². The van der Waals surface area contributed by atoms with E-state index in [1.807, 2.05) is 13.8 Å². The number of anilines is 1. The van der Waals surface area contributed by atoms with Crippen LogP contribution >= 0.6 is 11.3 Å². The second kappa shape index (κ2) is 6.93. The third kappa shape index (κ3) is 4.08. The summed E-state index contributed by atoms with van der Waals surface area (Å²) in [7, 11) is 0. The molecular formula is C15H17F2N3OS. The van der Waals surface area contributed by atoms with Gasteiger partial charge in [-0.2, -0.15) is 0 Å². The van der Waals surface area contributed by atoms with Crippen LogP contribution in [-0.4, -0.2) is 16.9 Å². The van der Waals surface area contributed by atoms with E-state index in [-0.39, 0.29) is 11.8 Å². The molecule has 0 spiro atoms. The van der Waals surface area contributed by atoms with Gasteiger partial charge in [0.1, 0.15) is 0 Å². The second-order valence-electron chi connectivity index (χ2n) is 5.32. The second-order valence-corrected chi connectivity index (χ2v) is 6.43. The molecule has 0 aliphatic heterocycles. The molecule has 0 radical (unpaired) electrons. The first-order valence-electron chi connectivity index (χ1n) is 6.82. The van der Waals surface area contributed by atoms with Crippen LogP contribution in [0.15, 0.2) is 24.4 Å². The molecule has 0 aliphatic rings. The van der Waals surface area contributed by atoms with E-state index in [2.05, 4.69) is 10.3 Å². The fourth-order valence-electron chi connectivity index (χ4n) is 1.79. The Morgan fingerprint density at radius 1 is 1.36 bits per heavy atom. The molecule has 1 aromatic carbocycles. The number of thiazole rings is 1. The molecule has 0 bridgehead atoms. The number of hydrogen-bond acceptors (Lipinski definition) is 4. The quantitative estimate of drug-likeness (QED) is 0.888. The lowest BCUT2D eigenvalue weighted by atomic mass is 10.1. The molecule has 3 N–H and O–H groups in total. The summed E-state index contributed by atoms with van der Waals surface area (Å²) in [6, 6.07) is 3.17. The first kappa shape index (κ1) is 16.5. The molecule has 4 nitrogen and oxygen atoms in total. The number of amides is 1. The van der Waals surface area contributed by atoms with Crippen LogP contribution in [0.1, 0.15) is 24.3 Å². The van der Waals surface area contributed by atoms with Gasteiger partial charge >= 0.3 is 0 Å². The Morgan fingerprint density at radius 2 is 2.09 bits per heavy atom. The lowest BCUT2D eigenvalue weighted by molar-refractivity contribution is -0.118. The van der Waals surface area contributed by atoms with Crippen LogP contribution in [0, 0.1) is 17.6 Å². The van der Waals surface area contributed by atoms with Gasteiger partial charge in [-0.25, -0.2) is 13.8 Å². The standard InChI is InChI=1S/C15H17F2N3OS/c1-8(2)13(18)14(21)20-15-19-7-10(22-15)5-9-3-4-11(16)12(17)6-9/h3-4,6-8,13H,5,18H2,1-2H3,(H,19,20,21)/t13-/m0/s1. The molecule has 1 amide bonds. The highest BCUT2D eigenvalue weighted by molar-refractivity contribution is 7.15. The highest BCUT2D eigenvalue weighted by atomic mass is 32.1. The van der Waals surface area contributed by atoms with E-state index >= 15 is 0 Å². The van der Waals surface area contributed by atoms with Gasteiger partial charge in [-0.3, -0.25) is 4.79 Å². The molecule has 0 fully saturated rings. The van der Waals surface area contributed by atoms with E-state index in [9.17, 15) is 13.6 Å². The molecule has 0 aliphatic carbocycles. The van der Waals surface area contributed by atoms with E-state index in [4.69, 9.17) is 5.73 Å². The summed E-state index contributed by atoms with van der Waals surface area (Å²) in [5.41, 5.74) is 6.39. The minimum absolute atomic E-state index is 0.0293. The van der Waals surface area contributed by atoms with E-state index in [0.29, 0.717) is 17.1 Å². The van der Waals surface area contributed by atoms with Crippen molar-refractivity contribution >= 4 is 22.4 Å². The average Bonchev–Trinajstić information content (AvgIpc) is 2.89. The Balaban J connectivity index is 2.02. The molecule has 2 rings (SSSR count). The fraction of sp³-hybridized carbons (Fsp3) is 0.333. The first-order chi connectivity index (χ1) is 10.4. The molecule has 22 heavy (non-hydrogen) atoms. The van der Waals surface area contributed by atoms with Crippen LogP contribution < -0.4 is 11.1 Å². The molecule has 0 saturated heterocycles. The predicted octanol–water partition coefficient (Wildman–Crippen LogP) is 2.93. The summed E-state index contributed by atoms with van der Waals surface area (Å²) in [5, 5.41) is 3.10. The lowest BCUT2D eigenvalue weighted by Gasteiger charge is -2.13. The van der Waals surface area contributed by atoms with Crippen molar-refractivity contribution in [1.82, 2.24) is 4.98 Å². The van der Waals surface area contributed by atoms with Gasteiger partial charge in [0.15, 0.2) is 16.8 Å². The summed E-state index contributed by atoms with van der Waals surface area (Å²) in [5.74, 6) is -2.01. The Kier molecular flexibility index (Phi) is 5.20. The zero-order chi connectivity index (χ0) is 16.3. The number of hydrogen-bond donors (Lipinski definition) is 2. The maximum Gasteiger partial charge on any atom is 0.243 e. The largest absolute Gasteiger partial charge is 0.320 e. The van der Waals surface area contributed by atoms with E-state index in [1.54, 1.807) is 6.20 Å². The zero-order valence-corrected chi connectivity index (χ0v) is 13.1. The van der Waals surface area contributed by atoms with Crippen LogP contribution in [0.2, 0.25) is 0 Å². The van der Waals surface area contributed by atoms with Gasteiger partial charge in [0.2, 0.25) is 5.91 Å². The van der Waals surface area contributed by atoms with Crippen molar-refractivity contribution in [3.63, 3.8) is 0 Å². The Morgan fingerprint density at radius 3 is 2.73 bits per heavy atom. The molecule has 0 unspecified atom stereocenters. The van der Waals surface area contributed by atoms with Gasteiger partial charge in [0.25, 0.3) is 0 Å². The number of nitrogens with one attached hydrogen (secondary N) is 1. The van der Waals surface area contributed by atoms with Gasteiger partial charge < -0.3 is 11.1 Å². The number of nitrogens with zero attached hydrogens (tertiary/aromatic N) is 1. The fourth-order valence-corrected chi connectivity index (χ4v) is 2.64. The minimum Gasteiger partial charge on any atom is -0.320 e. The van der Waals surface area contributed by atoms with Crippen molar-refractivity contribution in [2.45, 2.75) is 26.3 Å². The normalized spacial score (nSPS) is 12.5. The molecule has 1 heterocycles. The Hall–Kier alpha value is -1.86. The van der Waals surface area contributed by atoms with Crippen molar-refractivity contribution in [2.24, 2.45) is 11.7 Å². The SMILES string of the molecule is CC(C)[C@H](N)C(=O)Nc1ncc(Cc2ccc(F)c(F)c2)s1. The maximum absolute atomic E-state index is 13.2. The summed E-state index contributed by atoms with van der Waals surface area (Å²) in [4.78, 5) is 16.8. The van der Waals surface area contributed by atoms with Crippen LogP contribution in [0.5, 0.6) is 0 Å². The number of carbonyl (C=O) groups excluding carboxylic acids is 1. The van der Waals surface area contributed by atoms with Crippen molar-refractivity contribution in [3.05, 3.63) is 46.5 Å². The van der Waals surface area contributed by atoms with Gasteiger partial charge in [-0.15, -0.1) is 11.3 Å². The van der Waals surface area contributed by atoms with Crippen molar-refractivity contribution in [3.8, 4) is 0 Å². The van der Waals surface area contributed by atoms with E-state index < -0.39 is 17.7 Å². The Labute approximate surface area is 131 Å². The van der Waals surface area contributed by atoms with Crippen molar-refractivity contribution in [1.29, 1.82) is 0 Å². The minimum atomic E-state index is -0.876. The number of carbonyl (C=O) groups is 1. The highest BCUT2D eigenvalue weighted by Gasteiger charge is 2.18. The lowest BCUT2D eigenvalue weighted by Crippen LogP contribution is -2.39. The molecular weight excluding hydrogens is 308 g/mol. The summed E-state index contributed by atoms with van der Waals surface area (Å²) >= 11 is 1.28. The van der Waals surface area contributed by atoms with Crippen LogP contribution in [0.3, 0.4) is 0 Å². The third-order valence-electron chi connectivity index (χ3n) is 3.17. The van der Waals surface area contributed by atoms with E-state index in [0.717, 1.165) is 17.0 Å². The van der Waals surface area contributed by atoms with Crippen LogP contribution in [0.4, 0.5) is 13.9 Å². The summed E-state index contributed by atoms with van der Waals surface area (Å²) in [6.45, 7) is 3.72. The molecule has 2 aromatic rings. The topological polar surface area (TPSA) is 68.0 Å². The molecule has 7 heteroatoms. The van der Waals surface area contributed by atoms with Crippen LogP contribution in [0.25, 0.3) is 0 Å².